The van der Waals surface area contributed by atoms with Crippen molar-refractivity contribution in [3.05, 3.63) is 35.0 Å². The van der Waals surface area contributed by atoms with Crippen LogP contribution in [0.2, 0.25) is 5.15 Å². The summed E-state index contributed by atoms with van der Waals surface area (Å²) in [6.07, 6.45) is 0.00255. The van der Waals surface area contributed by atoms with E-state index in [1.807, 2.05) is 0 Å². The minimum absolute atomic E-state index is 0.0361. The van der Waals surface area contributed by atoms with Gasteiger partial charge in [0.15, 0.2) is 5.82 Å². The van der Waals surface area contributed by atoms with Gasteiger partial charge in [0, 0.05) is 17.8 Å². The Balaban J connectivity index is 2.57. The van der Waals surface area contributed by atoms with Crippen LogP contribution in [0, 0.1) is 0 Å². The fourth-order valence-corrected chi connectivity index (χ4v) is 1.93. The molecule has 0 aliphatic carbocycles. The van der Waals surface area contributed by atoms with E-state index in [9.17, 15) is 8.78 Å². The first kappa shape index (κ1) is 12.2. The molecule has 0 fully saturated rings. The van der Waals surface area contributed by atoms with Gasteiger partial charge in [0.05, 0.1) is 5.88 Å². The zero-order valence-electron chi connectivity index (χ0n) is 8.32. The second kappa shape index (κ2) is 4.93. The summed E-state index contributed by atoms with van der Waals surface area (Å²) in [4.78, 5) is 7.59. The summed E-state index contributed by atoms with van der Waals surface area (Å²) in [5.74, 6) is 0.173. The minimum Gasteiger partial charge on any atom is -0.245 e. The standard InChI is InChI=1S/C9H6Cl2F2N4/c10-3-5-7(9(12)13)16-17(8(5)11)6-1-2-14-4-15-6/h1-2,4,9H,3H2. The molecule has 0 bridgehead atoms. The number of alkyl halides is 3. The maximum absolute atomic E-state index is 12.7. The van der Waals surface area contributed by atoms with Crippen molar-refractivity contribution in [3.8, 4) is 5.82 Å². The zero-order chi connectivity index (χ0) is 12.4. The number of hydrogen-bond acceptors (Lipinski definition) is 3. The van der Waals surface area contributed by atoms with Crippen LogP contribution in [0.1, 0.15) is 17.7 Å². The van der Waals surface area contributed by atoms with Crippen LogP contribution in [0.3, 0.4) is 0 Å². The Labute approximate surface area is 105 Å². The van der Waals surface area contributed by atoms with Gasteiger partial charge in [-0.3, -0.25) is 0 Å². The summed E-state index contributed by atoms with van der Waals surface area (Å²) in [6.45, 7) is 0. The molecule has 8 heteroatoms. The van der Waals surface area contributed by atoms with Gasteiger partial charge in [-0.25, -0.2) is 23.4 Å². The summed E-state index contributed by atoms with van der Waals surface area (Å²) in [5.41, 5.74) is -0.314. The van der Waals surface area contributed by atoms with E-state index in [0.717, 1.165) is 4.68 Å². The van der Waals surface area contributed by atoms with Crippen molar-refractivity contribution in [1.82, 2.24) is 19.7 Å². The molecule has 0 aliphatic heterocycles. The minimum atomic E-state index is -2.73. The maximum Gasteiger partial charge on any atom is 0.282 e. The maximum atomic E-state index is 12.7. The molecule has 2 aromatic heterocycles. The number of aromatic nitrogens is 4. The largest absolute Gasteiger partial charge is 0.282 e. The smallest absolute Gasteiger partial charge is 0.245 e. The van der Waals surface area contributed by atoms with Crippen LogP contribution >= 0.6 is 23.2 Å². The highest BCUT2D eigenvalue weighted by Crippen LogP contribution is 2.30. The number of halogens is 4. The quantitative estimate of drug-likeness (QED) is 0.811. The Kier molecular flexibility index (Phi) is 3.54. The number of hydrogen-bond donors (Lipinski definition) is 0. The Morgan fingerprint density at radius 1 is 1.41 bits per heavy atom. The van der Waals surface area contributed by atoms with Gasteiger partial charge in [0.25, 0.3) is 6.43 Å². The molecule has 2 rings (SSSR count). The monoisotopic (exact) mass is 278 g/mol. The van der Waals surface area contributed by atoms with Crippen molar-refractivity contribution in [1.29, 1.82) is 0 Å². The fourth-order valence-electron chi connectivity index (χ4n) is 1.31. The predicted molar refractivity (Wildman–Crippen MR) is 58.7 cm³/mol. The van der Waals surface area contributed by atoms with Gasteiger partial charge in [-0.2, -0.15) is 5.10 Å². The van der Waals surface area contributed by atoms with Crippen molar-refractivity contribution in [2.75, 3.05) is 0 Å². The summed E-state index contributed by atoms with van der Waals surface area (Å²) >= 11 is 11.5. The van der Waals surface area contributed by atoms with Crippen molar-refractivity contribution < 1.29 is 8.78 Å². The summed E-state index contributed by atoms with van der Waals surface area (Å²) in [5, 5.41) is 3.75. The van der Waals surface area contributed by atoms with Crippen LogP contribution in [0.25, 0.3) is 5.82 Å². The summed E-state index contributed by atoms with van der Waals surface area (Å²) in [7, 11) is 0. The van der Waals surface area contributed by atoms with E-state index >= 15 is 0 Å². The SMILES string of the molecule is FC(F)c1nn(-c2ccncn2)c(Cl)c1CCl. The third-order valence-corrected chi connectivity index (χ3v) is 2.73. The first-order valence-electron chi connectivity index (χ1n) is 4.53. The van der Waals surface area contributed by atoms with Crippen LogP contribution in [0.5, 0.6) is 0 Å². The van der Waals surface area contributed by atoms with Crippen molar-refractivity contribution in [2.45, 2.75) is 12.3 Å². The van der Waals surface area contributed by atoms with E-state index in [1.54, 1.807) is 0 Å². The molecule has 2 aromatic rings. The molecular formula is C9H6Cl2F2N4. The van der Waals surface area contributed by atoms with Gasteiger partial charge >= 0.3 is 0 Å². The molecule has 4 nitrogen and oxygen atoms in total. The predicted octanol–water partition coefficient (Wildman–Crippen LogP) is 2.99. The Morgan fingerprint density at radius 3 is 2.65 bits per heavy atom. The molecule has 0 N–H and O–H groups in total. The average molecular weight is 279 g/mol. The van der Waals surface area contributed by atoms with Crippen molar-refractivity contribution in [3.63, 3.8) is 0 Å². The van der Waals surface area contributed by atoms with E-state index in [-0.39, 0.29) is 16.6 Å². The summed E-state index contributed by atoms with van der Waals surface area (Å²) < 4.78 is 26.5. The normalized spacial score (nSPS) is 11.1. The second-order valence-corrected chi connectivity index (χ2v) is 3.69. The third kappa shape index (κ3) is 2.23. The van der Waals surface area contributed by atoms with Crippen LogP contribution in [0.15, 0.2) is 18.6 Å². The summed E-state index contributed by atoms with van der Waals surface area (Å²) in [6, 6.07) is 1.51. The number of rotatable bonds is 3. The van der Waals surface area contributed by atoms with Crippen molar-refractivity contribution in [2.24, 2.45) is 0 Å². The molecule has 0 atom stereocenters. The zero-order valence-corrected chi connectivity index (χ0v) is 9.83. The highest BCUT2D eigenvalue weighted by molar-refractivity contribution is 6.31. The molecule has 2 heterocycles. The van der Waals surface area contributed by atoms with E-state index in [2.05, 4.69) is 15.1 Å². The van der Waals surface area contributed by atoms with Gasteiger partial charge in [0.2, 0.25) is 0 Å². The topological polar surface area (TPSA) is 43.6 Å². The highest BCUT2D eigenvalue weighted by atomic mass is 35.5. The lowest BCUT2D eigenvalue weighted by Crippen LogP contribution is -2.00. The fraction of sp³-hybridized carbons (Fsp3) is 0.222. The van der Waals surface area contributed by atoms with Crippen molar-refractivity contribution >= 4 is 23.2 Å². The Hall–Kier alpha value is -1.27. The van der Waals surface area contributed by atoms with Gasteiger partial charge in [-0.05, 0) is 0 Å². The van der Waals surface area contributed by atoms with Crippen LogP contribution in [-0.4, -0.2) is 19.7 Å². The molecular weight excluding hydrogens is 273 g/mol. The molecule has 0 spiro atoms. The van der Waals surface area contributed by atoms with E-state index < -0.39 is 12.1 Å². The van der Waals surface area contributed by atoms with E-state index in [4.69, 9.17) is 23.2 Å². The first-order chi connectivity index (χ1) is 8.15. The van der Waals surface area contributed by atoms with Crippen LogP contribution in [0.4, 0.5) is 8.78 Å². The Morgan fingerprint density at radius 2 is 2.18 bits per heavy atom. The van der Waals surface area contributed by atoms with E-state index in [0.29, 0.717) is 5.82 Å². The lowest BCUT2D eigenvalue weighted by atomic mass is 10.3. The molecule has 0 aliphatic rings. The number of nitrogens with zero attached hydrogens (tertiary/aromatic N) is 4. The van der Waals surface area contributed by atoms with Gasteiger partial charge in [-0.15, -0.1) is 11.6 Å². The molecule has 0 unspecified atom stereocenters. The second-order valence-electron chi connectivity index (χ2n) is 3.07. The molecule has 0 radical (unpaired) electrons. The Bertz CT molecular complexity index is 515. The van der Waals surface area contributed by atoms with E-state index in [1.165, 1.54) is 18.6 Å². The molecule has 0 aromatic carbocycles. The third-order valence-electron chi connectivity index (χ3n) is 2.08. The van der Waals surface area contributed by atoms with Crippen LogP contribution in [-0.2, 0) is 5.88 Å². The van der Waals surface area contributed by atoms with Crippen LogP contribution < -0.4 is 0 Å². The lowest BCUT2D eigenvalue weighted by molar-refractivity contribution is 0.144. The molecule has 17 heavy (non-hydrogen) atoms. The highest BCUT2D eigenvalue weighted by Gasteiger charge is 2.23. The van der Waals surface area contributed by atoms with Gasteiger partial charge in [-0.1, -0.05) is 11.6 Å². The molecule has 0 saturated carbocycles. The average Bonchev–Trinajstić information content (AvgIpc) is 2.67. The van der Waals surface area contributed by atoms with Gasteiger partial charge in [0.1, 0.15) is 17.2 Å². The lowest BCUT2D eigenvalue weighted by Gasteiger charge is -2.00. The first-order valence-corrected chi connectivity index (χ1v) is 5.44. The molecule has 90 valence electrons. The molecule has 0 amide bonds. The van der Waals surface area contributed by atoms with Gasteiger partial charge < -0.3 is 0 Å². The molecule has 0 saturated heterocycles.